The summed E-state index contributed by atoms with van der Waals surface area (Å²) in [4.78, 5) is 9.65. The fourth-order valence-electron chi connectivity index (χ4n) is 3.62. The number of nitrogens with zero attached hydrogens (tertiary/aromatic N) is 2. The maximum absolute atomic E-state index is 12.1. The summed E-state index contributed by atoms with van der Waals surface area (Å²) in [6.07, 6.45) is 3.89. The monoisotopic (exact) mass is 503 g/mol. The highest BCUT2D eigenvalue weighted by atomic mass is 32.2. The Labute approximate surface area is 211 Å². The van der Waals surface area contributed by atoms with Crippen molar-refractivity contribution in [2.24, 2.45) is 0 Å². The molecule has 0 saturated carbocycles. The van der Waals surface area contributed by atoms with Crippen LogP contribution in [-0.4, -0.2) is 38.7 Å². The number of hydrogen-bond acceptors (Lipinski definition) is 8. The average molecular weight is 504 g/mol. The van der Waals surface area contributed by atoms with Gasteiger partial charge in [0, 0.05) is 35.1 Å². The summed E-state index contributed by atoms with van der Waals surface area (Å²) >= 11 is 0. The molecular formula is C27H29N5O3S. The molecule has 8 nitrogen and oxygen atoms in total. The first-order valence-electron chi connectivity index (χ1n) is 11.5. The number of nitrogens with one attached hydrogen (secondary N) is 3. The lowest BCUT2D eigenvalue weighted by molar-refractivity contribution is 0.340. The molecular weight excluding hydrogens is 474 g/mol. The summed E-state index contributed by atoms with van der Waals surface area (Å²) in [5.41, 5.74) is 3.52. The van der Waals surface area contributed by atoms with Crippen molar-refractivity contribution in [3.63, 3.8) is 0 Å². The molecule has 0 aliphatic carbocycles. The van der Waals surface area contributed by atoms with Crippen molar-refractivity contribution in [2.45, 2.75) is 18.2 Å². The Morgan fingerprint density at radius 3 is 2.50 bits per heavy atom. The predicted molar refractivity (Wildman–Crippen MR) is 144 cm³/mol. The molecule has 0 amide bonds. The minimum Gasteiger partial charge on any atom is -0.508 e. The SMILES string of the molecule is CCOc1ccc(-c2cnc(Nc3cccc(S(C)(=N)=O)c3)nc2NCCc2ccc(O)cc2)cc1. The topological polar surface area (TPSA) is 120 Å². The van der Waals surface area contributed by atoms with Crippen LogP contribution < -0.4 is 15.4 Å². The van der Waals surface area contributed by atoms with Crippen LogP contribution in [-0.2, 0) is 16.1 Å². The molecule has 0 aliphatic heterocycles. The first-order chi connectivity index (χ1) is 17.3. The van der Waals surface area contributed by atoms with Gasteiger partial charge in [-0.05, 0) is 66.9 Å². The smallest absolute Gasteiger partial charge is 0.229 e. The molecule has 1 heterocycles. The summed E-state index contributed by atoms with van der Waals surface area (Å²) in [7, 11) is -2.84. The number of ether oxygens (including phenoxy) is 1. The summed E-state index contributed by atoms with van der Waals surface area (Å²) < 4.78 is 25.5. The van der Waals surface area contributed by atoms with Gasteiger partial charge in [-0.1, -0.05) is 30.3 Å². The number of rotatable bonds is 10. The van der Waals surface area contributed by atoms with Crippen molar-refractivity contribution < 1.29 is 14.1 Å². The number of aromatic hydroxyl groups is 1. The zero-order chi connectivity index (χ0) is 25.5. The summed E-state index contributed by atoms with van der Waals surface area (Å²) in [6, 6.07) is 21.8. The van der Waals surface area contributed by atoms with Crippen LogP contribution in [0, 0.1) is 4.78 Å². The normalized spacial score (nSPS) is 12.5. The first-order valence-corrected chi connectivity index (χ1v) is 13.5. The highest BCUT2D eigenvalue weighted by Gasteiger charge is 2.11. The molecule has 0 spiro atoms. The van der Waals surface area contributed by atoms with Gasteiger partial charge in [-0.2, -0.15) is 4.98 Å². The van der Waals surface area contributed by atoms with Crippen molar-refractivity contribution >= 4 is 27.2 Å². The van der Waals surface area contributed by atoms with Gasteiger partial charge in [-0.25, -0.2) is 14.0 Å². The van der Waals surface area contributed by atoms with Gasteiger partial charge in [-0.3, -0.25) is 0 Å². The van der Waals surface area contributed by atoms with Gasteiger partial charge in [0.15, 0.2) is 0 Å². The van der Waals surface area contributed by atoms with E-state index in [1.165, 1.54) is 6.26 Å². The zero-order valence-electron chi connectivity index (χ0n) is 20.2. The zero-order valence-corrected chi connectivity index (χ0v) is 21.0. The largest absolute Gasteiger partial charge is 0.508 e. The number of benzene rings is 3. The highest BCUT2D eigenvalue weighted by molar-refractivity contribution is 7.91. The van der Waals surface area contributed by atoms with Crippen molar-refractivity contribution in [2.75, 3.05) is 30.0 Å². The van der Waals surface area contributed by atoms with E-state index in [1.54, 1.807) is 36.5 Å². The maximum Gasteiger partial charge on any atom is 0.229 e. The van der Waals surface area contributed by atoms with Crippen molar-refractivity contribution in [1.82, 2.24) is 9.97 Å². The van der Waals surface area contributed by atoms with Crippen LogP contribution in [0.15, 0.2) is 83.9 Å². The van der Waals surface area contributed by atoms with E-state index in [-0.39, 0.29) is 5.75 Å². The van der Waals surface area contributed by atoms with Crippen LogP contribution in [0.3, 0.4) is 0 Å². The molecule has 9 heteroatoms. The van der Waals surface area contributed by atoms with E-state index in [4.69, 9.17) is 14.5 Å². The van der Waals surface area contributed by atoms with Gasteiger partial charge in [0.1, 0.15) is 17.3 Å². The molecule has 1 atom stereocenters. The Bertz CT molecular complexity index is 1420. The highest BCUT2D eigenvalue weighted by Crippen LogP contribution is 2.29. The van der Waals surface area contributed by atoms with E-state index >= 15 is 0 Å². The molecule has 0 fully saturated rings. The number of hydrogen-bond donors (Lipinski definition) is 4. The second kappa shape index (κ2) is 11.1. The van der Waals surface area contributed by atoms with Gasteiger partial charge < -0.3 is 20.5 Å². The fourth-order valence-corrected chi connectivity index (χ4v) is 4.31. The predicted octanol–water partition coefficient (Wildman–Crippen LogP) is 5.68. The fraction of sp³-hybridized carbons (Fsp3) is 0.185. The Hall–Kier alpha value is -4.11. The van der Waals surface area contributed by atoms with E-state index in [2.05, 4.69) is 15.6 Å². The molecule has 1 unspecified atom stereocenters. The van der Waals surface area contributed by atoms with E-state index in [0.29, 0.717) is 35.5 Å². The molecule has 0 radical (unpaired) electrons. The summed E-state index contributed by atoms with van der Waals surface area (Å²) in [5, 5.41) is 16.1. The molecule has 186 valence electrons. The number of phenolic OH excluding ortho intramolecular Hbond substituents is 1. The van der Waals surface area contributed by atoms with Crippen LogP contribution in [0.25, 0.3) is 11.1 Å². The second-order valence-corrected chi connectivity index (χ2v) is 10.4. The molecule has 3 aromatic carbocycles. The van der Waals surface area contributed by atoms with Gasteiger partial charge in [0.25, 0.3) is 0 Å². The van der Waals surface area contributed by atoms with Crippen molar-refractivity contribution in [3.05, 3.63) is 84.6 Å². The molecule has 36 heavy (non-hydrogen) atoms. The van der Waals surface area contributed by atoms with Gasteiger partial charge >= 0.3 is 0 Å². The van der Waals surface area contributed by atoms with Gasteiger partial charge in [-0.15, -0.1) is 0 Å². The Kier molecular flexibility index (Phi) is 7.70. The molecule has 0 saturated heterocycles. The van der Waals surface area contributed by atoms with Crippen molar-refractivity contribution in [3.8, 4) is 22.6 Å². The standard InChI is InChI=1S/C27H29N5O3S/c1-3-35-23-13-9-20(10-14-23)25-18-30-27(31-21-5-4-6-24(17-21)36(2,28)34)32-26(25)29-16-15-19-7-11-22(33)12-8-19/h4-14,17-18,28,33H,3,15-16H2,1-2H3,(H2,29,30,31,32). The Balaban J connectivity index is 1.60. The lowest BCUT2D eigenvalue weighted by Crippen LogP contribution is -2.09. The summed E-state index contributed by atoms with van der Waals surface area (Å²) in [6.45, 7) is 3.17. The minimum absolute atomic E-state index is 0.240. The Morgan fingerprint density at radius 2 is 1.81 bits per heavy atom. The molecule has 4 N–H and O–H groups in total. The van der Waals surface area contributed by atoms with Crippen LogP contribution in [0.5, 0.6) is 11.5 Å². The lowest BCUT2D eigenvalue weighted by Gasteiger charge is -2.14. The molecule has 0 bridgehead atoms. The average Bonchev–Trinajstić information content (AvgIpc) is 2.86. The van der Waals surface area contributed by atoms with E-state index in [1.807, 2.05) is 49.4 Å². The van der Waals surface area contributed by atoms with Crippen LogP contribution in [0.2, 0.25) is 0 Å². The molecule has 0 aliphatic rings. The number of aromatic nitrogens is 2. The first kappa shape index (κ1) is 25.0. The Morgan fingerprint density at radius 1 is 1.06 bits per heavy atom. The van der Waals surface area contributed by atoms with Gasteiger partial charge in [0.05, 0.1) is 16.3 Å². The molecule has 4 rings (SSSR count). The summed E-state index contributed by atoms with van der Waals surface area (Å²) in [5.74, 6) is 2.07. The van der Waals surface area contributed by atoms with Gasteiger partial charge in [0.2, 0.25) is 5.95 Å². The second-order valence-electron chi connectivity index (χ2n) is 8.25. The maximum atomic E-state index is 12.1. The number of phenols is 1. The third-order valence-corrected chi connectivity index (χ3v) is 6.60. The number of anilines is 3. The molecule has 1 aromatic heterocycles. The van der Waals surface area contributed by atoms with E-state index < -0.39 is 9.73 Å². The quantitative estimate of drug-likeness (QED) is 0.220. The third kappa shape index (κ3) is 6.51. The van der Waals surface area contributed by atoms with Crippen LogP contribution in [0.1, 0.15) is 12.5 Å². The van der Waals surface area contributed by atoms with Crippen molar-refractivity contribution in [1.29, 1.82) is 4.78 Å². The third-order valence-electron chi connectivity index (χ3n) is 5.45. The molecule has 4 aromatic rings. The minimum atomic E-state index is -2.84. The lowest BCUT2D eigenvalue weighted by atomic mass is 10.1. The van der Waals surface area contributed by atoms with E-state index in [9.17, 15) is 9.32 Å². The van der Waals surface area contributed by atoms with Crippen LogP contribution >= 0.6 is 0 Å². The van der Waals surface area contributed by atoms with E-state index in [0.717, 1.165) is 28.9 Å². The van der Waals surface area contributed by atoms with Crippen LogP contribution in [0.4, 0.5) is 17.5 Å².